The van der Waals surface area contributed by atoms with Crippen LogP contribution in [0.15, 0.2) is 78.9 Å². The maximum absolute atomic E-state index is 13.6. The van der Waals surface area contributed by atoms with Crippen molar-refractivity contribution < 1.29 is 14.3 Å². The van der Waals surface area contributed by atoms with Crippen molar-refractivity contribution in [2.45, 2.75) is 52.2 Å². The minimum absolute atomic E-state index is 0.00186. The van der Waals surface area contributed by atoms with Gasteiger partial charge >= 0.3 is 0 Å². The van der Waals surface area contributed by atoms with Gasteiger partial charge in [0.1, 0.15) is 11.8 Å². The van der Waals surface area contributed by atoms with Crippen molar-refractivity contribution in [3.63, 3.8) is 0 Å². The Kier molecular flexibility index (Phi) is 9.74. The van der Waals surface area contributed by atoms with Crippen LogP contribution in [0.3, 0.4) is 0 Å². The van der Waals surface area contributed by atoms with E-state index in [0.717, 1.165) is 23.1 Å². The van der Waals surface area contributed by atoms with Crippen LogP contribution in [0.4, 0.5) is 0 Å². The summed E-state index contributed by atoms with van der Waals surface area (Å²) in [5.41, 5.74) is 3.03. The summed E-state index contributed by atoms with van der Waals surface area (Å²) >= 11 is 5.96. The highest BCUT2D eigenvalue weighted by Crippen LogP contribution is 2.18. The molecule has 1 N–H and O–H groups in total. The fourth-order valence-electron chi connectivity index (χ4n) is 3.76. The van der Waals surface area contributed by atoms with Crippen LogP contribution in [0, 0.1) is 6.92 Å². The third kappa shape index (κ3) is 8.15. The van der Waals surface area contributed by atoms with Crippen molar-refractivity contribution in [1.29, 1.82) is 0 Å². The molecule has 0 aromatic heterocycles. The van der Waals surface area contributed by atoms with Gasteiger partial charge in [0.2, 0.25) is 5.91 Å². The minimum Gasteiger partial charge on any atom is -0.484 e. The number of ether oxygens (including phenoxy) is 1. The molecule has 5 nitrogen and oxygen atoms in total. The molecule has 0 aliphatic carbocycles. The first kappa shape index (κ1) is 26.3. The maximum atomic E-state index is 13.6. The van der Waals surface area contributed by atoms with Crippen molar-refractivity contribution in [2.24, 2.45) is 0 Å². The summed E-state index contributed by atoms with van der Waals surface area (Å²) in [5, 5.41) is 3.67. The van der Waals surface area contributed by atoms with Gasteiger partial charge in [-0.05, 0) is 55.7 Å². The van der Waals surface area contributed by atoms with Gasteiger partial charge in [0, 0.05) is 24.0 Å². The first-order chi connectivity index (χ1) is 16.9. The first-order valence-electron chi connectivity index (χ1n) is 11.9. The summed E-state index contributed by atoms with van der Waals surface area (Å²) in [4.78, 5) is 28.7. The van der Waals surface area contributed by atoms with E-state index in [-0.39, 0.29) is 24.5 Å². The number of carbonyl (C=O) groups is 2. The third-order valence-corrected chi connectivity index (χ3v) is 6.14. The van der Waals surface area contributed by atoms with Crippen molar-refractivity contribution >= 4 is 23.4 Å². The number of nitrogens with zero attached hydrogens (tertiary/aromatic N) is 1. The molecule has 0 heterocycles. The molecule has 2 atom stereocenters. The molecule has 0 fully saturated rings. The van der Waals surface area contributed by atoms with Crippen LogP contribution >= 0.6 is 11.6 Å². The van der Waals surface area contributed by atoms with Gasteiger partial charge in [-0.2, -0.15) is 0 Å². The zero-order valence-electron chi connectivity index (χ0n) is 20.5. The second-order valence-corrected chi connectivity index (χ2v) is 9.21. The monoisotopic (exact) mass is 492 g/mol. The van der Waals surface area contributed by atoms with Crippen molar-refractivity contribution in [3.8, 4) is 5.75 Å². The number of halogens is 1. The molecule has 6 heteroatoms. The Balaban J connectivity index is 1.90. The van der Waals surface area contributed by atoms with Crippen LogP contribution in [0.1, 0.15) is 37.0 Å². The van der Waals surface area contributed by atoms with E-state index >= 15 is 0 Å². The molecule has 0 spiro atoms. The Morgan fingerprint density at radius 3 is 2.31 bits per heavy atom. The quantitative estimate of drug-likeness (QED) is 0.380. The van der Waals surface area contributed by atoms with Crippen molar-refractivity contribution in [2.75, 3.05) is 6.61 Å². The maximum Gasteiger partial charge on any atom is 0.261 e. The molecule has 0 unspecified atom stereocenters. The normalized spacial score (nSPS) is 12.5. The first-order valence-corrected chi connectivity index (χ1v) is 12.3. The smallest absolute Gasteiger partial charge is 0.261 e. The molecule has 0 saturated carbocycles. The number of carbonyl (C=O) groups excluding carboxylic acids is 2. The van der Waals surface area contributed by atoms with E-state index in [2.05, 4.69) is 5.32 Å². The molecule has 0 saturated heterocycles. The molecule has 3 rings (SSSR count). The lowest BCUT2D eigenvalue weighted by Gasteiger charge is -2.32. The highest BCUT2D eigenvalue weighted by Gasteiger charge is 2.31. The molecule has 3 aromatic rings. The average molecular weight is 493 g/mol. The van der Waals surface area contributed by atoms with E-state index < -0.39 is 6.04 Å². The van der Waals surface area contributed by atoms with E-state index in [4.69, 9.17) is 16.3 Å². The molecule has 0 radical (unpaired) electrons. The van der Waals surface area contributed by atoms with Gasteiger partial charge in [0.15, 0.2) is 6.61 Å². The van der Waals surface area contributed by atoms with Gasteiger partial charge in [0.25, 0.3) is 5.91 Å². The molecule has 0 aliphatic heterocycles. The second kappa shape index (κ2) is 13.0. The molecular formula is C29H33ClN2O3. The van der Waals surface area contributed by atoms with E-state index in [0.29, 0.717) is 23.7 Å². The van der Waals surface area contributed by atoms with Crippen LogP contribution in [-0.4, -0.2) is 35.4 Å². The summed E-state index contributed by atoms with van der Waals surface area (Å²) in [5.74, 6) is 0.110. The topological polar surface area (TPSA) is 58.6 Å². The van der Waals surface area contributed by atoms with Crippen molar-refractivity contribution in [3.05, 3.63) is 101 Å². The molecular weight excluding hydrogens is 460 g/mol. The lowest BCUT2D eigenvalue weighted by atomic mass is 10.0. The number of aryl methyl sites for hydroxylation is 1. The highest BCUT2D eigenvalue weighted by molar-refractivity contribution is 6.30. The number of benzene rings is 3. The Hall–Kier alpha value is -3.31. The lowest BCUT2D eigenvalue weighted by Crippen LogP contribution is -2.53. The van der Waals surface area contributed by atoms with Gasteiger partial charge in [-0.15, -0.1) is 0 Å². The number of rotatable bonds is 11. The second-order valence-electron chi connectivity index (χ2n) is 8.78. The van der Waals surface area contributed by atoms with Crippen LogP contribution < -0.4 is 10.1 Å². The summed E-state index contributed by atoms with van der Waals surface area (Å²) in [6.07, 6.45) is 1.21. The molecule has 3 aromatic carbocycles. The molecule has 0 aliphatic rings. The van der Waals surface area contributed by atoms with E-state index in [1.807, 2.05) is 75.4 Å². The van der Waals surface area contributed by atoms with Gasteiger partial charge in [-0.1, -0.05) is 78.7 Å². The van der Waals surface area contributed by atoms with E-state index in [1.54, 1.807) is 29.2 Å². The number of hydrogen-bond donors (Lipinski definition) is 1. The fraction of sp³-hybridized carbons (Fsp3) is 0.310. The van der Waals surface area contributed by atoms with E-state index in [9.17, 15) is 9.59 Å². The van der Waals surface area contributed by atoms with Crippen LogP contribution in [-0.2, 0) is 22.6 Å². The standard InChI is InChI=1S/C29H33ClN2O3/c1-4-22(3)31-29(34)27(18-23-10-6-5-7-11-23)32(19-24-12-8-9-21(2)17-24)28(33)20-35-26-15-13-25(30)14-16-26/h5-17,22,27H,4,18-20H2,1-3H3,(H,31,34)/t22-,27-/m0/s1. The van der Waals surface area contributed by atoms with Crippen molar-refractivity contribution in [1.82, 2.24) is 10.2 Å². The summed E-state index contributed by atoms with van der Waals surface area (Å²) in [6, 6.07) is 23.9. The lowest BCUT2D eigenvalue weighted by molar-refractivity contribution is -0.143. The third-order valence-electron chi connectivity index (χ3n) is 5.88. The molecule has 2 amide bonds. The zero-order chi connectivity index (χ0) is 25.2. The summed E-state index contributed by atoms with van der Waals surface area (Å²) in [6.45, 7) is 6.11. The van der Waals surface area contributed by atoms with Crippen LogP contribution in [0.2, 0.25) is 5.02 Å². The molecule has 0 bridgehead atoms. The van der Waals surface area contributed by atoms with Gasteiger partial charge < -0.3 is 15.0 Å². The number of amides is 2. The zero-order valence-corrected chi connectivity index (χ0v) is 21.3. The Morgan fingerprint density at radius 1 is 0.971 bits per heavy atom. The largest absolute Gasteiger partial charge is 0.484 e. The van der Waals surface area contributed by atoms with Gasteiger partial charge in [-0.3, -0.25) is 9.59 Å². The molecule has 35 heavy (non-hydrogen) atoms. The van der Waals surface area contributed by atoms with Crippen LogP contribution in [0.5, 0.6) is 5.75 Å². The number of nitrogens with one attached hydrogen (secondary N) is 1. The number of hydrogen-bond acceptors (Lipinski definition) is 3. The minimum atomic E-state index is -0.687. The van der Waals surface area contributed by atoms with E-state index in [1.165, 1.54) is 0 Å². The predicted octanol–water partition coefficient (Wildman–Crippen LogP) is 5.58. The van der Waals surface area contributed by atoms with Gasteiger partial charge in [0.05, 0.1) is 0 Å². The average Bonchev–Trinajstić information content (AvgIpc) is 2.86. The SMILES string of the molecule is CC[C@H](C)NC(=O)[C@H](Cc1ccccc1)N(Cc1cccc(C)c1)C(=O)COc1ccc(Cl)cc1. The Labute approximate surface area is 213 Å². The molecule has 184 valence electrons. The predicted molar refractivity (Wildman–Crippen MR) is 141 cm³/mol. The Morgan fingerprint density at radius 2 is 1.66 bits per heavy atom. The Bertz CT molecular complexity index is 1100. The van der Waals surface area contributed by atoms with Gasteiger partial charge in [-0.25, -0.2) is 0 Å². The fourth-order valence-corrected chi connectivity index (χ4v) is 3.89. The summed E-state index contributed by atoms with van der Waals surface area (Å²) < 4.78 is 5.77. The highest BCUT2D eigenvalue weighted by atomic mass is 35.5. The summed E-state index contributed by atoms with van der Waals surface area (Å²) in [7, 11) is 0. The van der Waals surface area contributed by atoms with Crippen LogP contribution in [0.25, 0.3) is 0 Å².